The van der Waals surface area contributed by atoms with Gasteiger partial charge in [0.25, 0.3) is 0 Å². The van der Waals surface area contributed by atoms with E-state index in [9.17, 15) is 23.8 Å². The number of halogens is 2. The number of nitrogens with zero attached hydrogens (tertiary/aromatic N) is 8. The molecule has 4 aromatic carbocycles. The number of hydrogen-bond acceptors (Lipinski definition) is 9. The summed E-state index contributed by atoms with van der Waals surface area (Å²) in [7, 11) is 0. The van der Waals surface area contributed by atoms with E-state index in [0.717, 1.165) is 116 Å². The molecule has 2 fully saturated rings. The second-order valence-corrected chi connectivity index (χ2v) is 18.7. The Bertz CT molecular complexity index is 3020. The first-order valence-corrected chi connectivity index (χ1v) is 23.8. The molecule has 4 aromatic heterocycles. The summed E-state index contributed by atoms with van der Waals surface area (Å²) in [5.41, 5.74) is 11.9. The Morgan fingerprint density at radius 1 is 0.632 bits per heavy atom. The zero-order chi connectivity index (χ0) is 46.4. The number of urea groups is 1. The molecule has 4 aliphatic heterocycles. The maximum absolute atomic E-state index is 14.8. The van der Waals surface area contributed by atoms with Crippen LogP contribution in [0.15, 0.2) is 60.7 Å². The first kappa shape index (κ1) is 42.3. The van der Waals surface area contributed by atoms with Gasteiger partial charge in [-0.3, -0.25) is 20.0 Å². The fourth-order valence-electron chi connectivity index (χ4n) is 11.2. The summed E-state index contributed by atoms with van der Waals surface area (Å²) in [5.74, 6) is -0.624. The predicted octanol–water partition coefficient (Wildman–Crippen LogP) is 9.44. The fraction of sp³-hybridized carbons (Fsp3) is 0.353. The number of phenolic OH excluding ortho intramolecular Hbond substituents is 2. The number of likely N-dealkylation sites (tertiary alicyclic amines) is 2. The van der Waals surface area contributed by atoms with Gasteiger partial charge in [0, 0.05) is 50.0 Å². The fourth-order valence-corrected chi connectivity index (χ4v) is 11.2. The largest absolute Gasteiger partial charge is 0.505 e. The normalized spacial score (nSPS) is 18.9. The van der Waals surface area contributed by atoms with E-state index < -0.39 is 11.6 Å². The Labute approximate surface area is 390 Å². The molecule has 12 rings (SSSR count). The van der Waals surface area contributed by atoms with E-state index in [1.165, 1.54) is 24.3 Å². The minimum Gasteiger partial charge on any atom is -0.505 e. The van der Waals surface area contributed by atoms with Crippen LogP contribution in [-0.2, 0) is 39.0 Å². The summed E-state index contributed by atoms with van der Waals surface area (Å²) in [6.07, 6.45) is 7.06. The Morgan fingerprint density at radius 3 is 1.51 bits per heavy atom. The molecule has 0 saturated carbocycles. The maximum Gasteiger partial charge on any atom is 0.322 e. The molecule has 8 aromatic rings. The summed E-state index contributed by atoms with van der Waals surface area (Å²) in [6.45, 7) is 7.94. The summed E-state index contributed by atoms with van der Waals surface area (Å²) < 4.78 is 28.8. The molecular formula is C51H52F2N12O3. The number of H-pyrrole nitrogens is 4. The number of aromatic amines is 4. The molecule has 0 aliphatic carbocycles. The maximum atomic E-state index is 14.8. The second-order valence-electron chi connectivity index (χ2n) is 18.7. The van der Waals surface area contributed by atoms with Crippen LogP contribution >= 0.6 is 0 Å². The van der Waals surface area contributed by atoms with Crippen LogP contribution < -0.4 is 0 Å². The van der Waals surface area contributed by atoms with Crippen LogP contribution in [0.1, 0.15) is 86.3 Å². The minimum absolute atomic E-state index is 0.0431. The quantitative estimate of drug-likeness (QED) is 0.0864. The van der Waals surface area contributed by atoms with Crippen molar-refractivity contribution < 1.29 is 23.8 Å². The summed E-state index contributed by atoms with van der Waals surface area (Å²) in [6, 6.07) is 17.6. The van der Waals surface area contributed by atoms with Crippen molar-refractivity contribution in [3.63, 3.8) is 0 Å². The SMILES string of the molecule is CCc1cc(O)c(F)cc1-c1ccc2c(-c3nc4c([nH]3)CN(C3CCCCN3C(=O)N3CCCCC3N3Cc5nc(-c6n[nH]c7cc(-c8cc(F)c(O)cc8CC)ccc67)[nH]c5C3)C4)n[nH]c2c1. The van der Waals surface area contributed by atoms with E-state index in [1.807, 2.05) is 50.2 Å². The average molecular weight is 919 g/mol. The number of nitrogens with one attached hydrogen (secondary N) is 4. The number of benzene rings is 4. The highest BCUT2D eigenvalue weighted by Gasteiger charge is 2.42. The van der Waals surface area contributed by atoms with Gasteiger partial charge in [0.1, 0.15) is 11.4 Å². The number of fused-ring (bicyclic) bond motifs is 4. The topological polar surface area (TPSA) is 185 Å². The van der Waals surface area contributed by atoms with Crippen LogP contribution in [0.5, 0.6) is 11.5 Å². The van der Waals surface area contributed by atoms with Gasteiger partial charge in [-0.15, -0.1) is 0 Å². The van der Waals surface area contributed by atoms with Crippen LogP contribution in [0.3, 0.4) is 0 Å². The van der Waals surface area contributed by atoms with Crippen molar-refractivity contribution in [3.8, 4) is 56.8 Å². The van der Waals surface area contributed by atoms with E-state index in [-0.39, 0.29) is 29.9 Å². The smallest absolute Gasteiger partial charge is 0.322 e. The number of phenols is 2. The van der Waals surface area contributed by atoms with Crippen molar-refractivity contribution in [1.29, 1.82) is 0 Å². The molecule has 2 atom stereocenters. The van der Waals surface area contributed by atoms with Gasteiger partial charge in [-0.2, -0.15) is 10.2 Å². The monoisotopic (exact) mass is 918 g/mol. The number of aromatic hydroxyl groups is 2. The van der Waals surface area contributed by atoms with Gasteiger partial charge in [-0.1, -0.05) is 26.0 Å². The van der Waals surface area contributed by atoms with Crippen LogP contribution in [0.4, 0.5) is 13.6 Å². The number of piperidine rings is 2. The van der Waals surface area contributed by atoms with Crippen LogP contribution in [0.2, 0.25) is 0 Å². The molecule has 4 aliphatic rings. The van der Waals surface area contributed by atoms with Crippen molar-refractivity contribution in [2.45, 2.75) is 104 Å². The summed E-state index contributed by atoms with van der Waals surface area (Å²) >= 11 is 0. The first-order chi connectivity index (χ1) is 33.1. The Morgan fingerprint density at radius 2 is 1.09 bits per heavy atom. The average Bonchev–Trinajstić information content (AvgIpc) is 4.22. The number of aromatic nitrogens is 8. The lowest BCUT2D eigenvalue weighted by atomic mass is 9.96. The van der Waals surface area contributed by atoms with E-state index in [1.54, 1.807) is 0 Å². The van der Waals surface area contributed by atoms with Gasteiger partial charge in [0.05, 0.1) is 46.1 Å². The van der Waals surface area contributed by atoms with E-state index in [2.05, 4.69) is 50.0 Å². The third kappa shape index (κ3) is 7.09. The molecule has 0 spiro atoms. The van der Waals surface area contributed by atoms with Gasteiger partial charge >= 0.3 is 6.03 Å². The van der Waals surface area contributed by atoms with E-state index >= 15 is 0 Å². The van der Waals surface area contributed by atoms with Crippen molar-refractivity contribution in [3.05, 3.63) is 106 Å². The molecule has 17 heteroatoms. The van der Waals surface area contributed by atoms with Gasteiger partial charge in [-0.25, -0.2) is 23.5 Å². The number of imidazole rings is 2. The molecule has 2 amide bonds. The van der Waals surface area contributed by atoms with Crippen molar-refractivity contribution >= 4 is 27.8 Å². The van der Waals surface area contributed by atoms with Crippen molar-refractivity contribution in [1.82, 2.24) is 59.9 Å². The second kappa shape index (κ2) is 16.6. The number of rotatable bonds is 8. The van der Waals surface area contributed by atoms with Gasteiger partial charge in [0.15, 0.2) is 34.8 Å². The van der Waals surface area contributed by atoms with Gasteiger partial charge in [0.2, 0.25) is 0 Å². The zero-order valence-corrected chi connectivity index (χ0v) is 38.0. The van der Waals surface area contributed by atoms with Gasteiger partial charge in [-0.05, 0) is 133 Å². The number of carbonyl (C=O) groups is 1. The van der Waals surface area contributed by atoms with E-state index in [4.69, 9.17) is 9.97 Å². The van der Waals surface area contributed by atoms with Crippen LogP contribution in [-0.4, -0.2) is 102 Å². The molecule has 8 heterocycles. The summed E-state index contributed by atoms with van der Waals surface area (Å²) in [4.78, 5) is 41.0. The number of carbonyl (C=O) groups excluding carboxylic acids is 1. The molecule has 2 saturated heterocycles. The molecule has 68 heavy (non-hydrogen) atoms. The first-order valence-electron chi connectivity index (χ1n) is 23.8. The highest BCUT2D eigenvalue weighted by atomic mass is 19.1. The third-order valence-corrected chi connectivity index (χ3v) is 14.7. The Kier molecular flexibility index (Phi) is 10.3. The lowest BCUT2D eigenvalue weighted by Gasteiger charge is -2.47. The molecular weight excluding hydrogens is 867 g/mol. The molecule has 15 nitrogen and oxygen atoms in total. The number of amides is 2. The lowest BCUT2D eigenvalue weighted by molar-refractivity contribution is -0.0140. The number of hydrogen-bond donors (Lipinski definition) is 6. The highest BCUT2D eigenvalue weighted by Crippen LogP contribution is 2.39. The zero-order valence-electron chi connectivity index (χ0n) is 38.0. The highest BCUT2D eigenvalue weighted by molar-refractivity contribution is 5.95. The molecule has 2 unspecified atom stereocenters. The standard InChI is InChI=1S/C51H52F2N12O3/c1-3-27-19-43(66)35(52)21-33(27)29-11-13-31-37(17-29)58-60-47(31)49-54-39-23-62(24-40(39)55-49)45-9-5-7-15-64(45)51(68)65-16-8-6-10-46(65)63-25-41-42(26-63)57-50(56-41)48-32-14-12-30(18-38(32)59-61-48)34-22-36(53)44(67)20-28(34)4-2/h11-14,17-22,45-46,66-67H,3-10,15-16,23-26H2,1-2H3,(H,54,55)(H,56,57)(H,58,60)(H,59,61). The molecule has 0 bridgehead atoms. The molecule has 6 N–H and O–H groups in total. The van der Waals surface area contributed by atoms with Crippen LogP contribution in [0, 0.1) is 11.6 Å². The van der Waals surface area contributed by atoms with Crippen LogP contribution in [0.25, 0.3) is 67.1 Å². The minimum atomic E-state index is -0.650. The summed E-state index contributed by atoms with van der Waals surface area (Å²) in [5, 5.41) is 37.3. The Balaban J connectivity index is 0.725. The van der Waals surface area contributed by atoms with E-state index in [0.29, 0.717) is 75.1 Å². The van der Waals surface area contributed by atoms with Crippen molar-refractivity contribution in [2.24, 2.45) is 0 Å². The molecule has 0 radical (unpaired) electrons. The predicted molar refractivity (Wildman–Crippen MR) is 253 cm³/mol. The lowest BCUT2D eigenvalue weighted by Crippen LogP contribution is -2.60. The third-order valence-electron chi connectivity index (χ3n) is 14.7. The van der Waals surface area contributed by atoms with Crippen molar-refractivity contribution in [2.75, 3.05) is 13.1 Å². The van der Waals surface area contributed by atoms with Gasteiger partial charge < -0.3 is 30.0 Å². The Hall–Kier alpha value is -7.11. The number of aryl methyl sites for hydroxylation is 2. The molecule has 348 valence electrons.